The highest BCUT2D eigenvalue weighted by Crippen LogP contribution is 2.32. The summed E-state index contributed by atoms with van der Waals surface area (Å²) in [5.74, 6) is 0.182. The number of rotatable bonds is 2. The van der Waals surface area contributed by atoms with Gasteiger partial charge in [-0.1, -0.05) is 24.3 Å². The molecule has 0 saturated carbocycles. The lowest BCUT2D eigenvalue weighted by Crippen LogP contribution is -2.28. The number of Topliss-reactive ketones (excluding diaryl/α,β-unsaturated/α-hetero) is 1. The topological polar surface area (TPSA) is 37.4 Å². The van der Waals surface area contributed by atoms with Crippen LogP contribution in [0, 0.1) is 0 Å². The van der Waals surface area contributed by atoms with Crippen LogP contribution in [0.2, 0.25) is 0 Å². The molecule has 0 aliphatic heterocycles. The van der Waals surface area contributed by atoms with E-state index < -0.39 is 0 Å². The molecule has 1 amide bonds. The molecular formula is C12H13NO2. The second-order valence-electron chi connectivity index (χ2n) is 3.84. The molecule has 0 fully saturated rings. The van der Waals surface area contributed by atoms with Crippen LogP contribution in [0.3, 0.4) is 0 Å². The summed E-state index contributed by atoms with van der Waals surface area (Å²) >= 11 is 0. The molecule has 1 aliphatic rings. The van der Waals surface area contributed by atoms with E-state index in [0.29, 0.717) is 6.42 Å². The standard InChI is InChI=1S/C12H13NO2/c1-13(8-14)11-6-7-12(15)10-5-3-2-4-9(10)11/h2-5,8,11H,6-7H2,1H3. The Morgan fingerprint density at radius 3 is 2.87 bits per heavy atom. The number of carbonyl (C=O) groups is 2. The molecule has 0 radical (unpaired) electrons. The fourth-order valence-electron chi connectivity index (χ4n) is 2.10. The molecular weight excluding hydrogens is 190 g/mol. The second kappa shape index (κ2) is 3.85. The lowest BCUT2D eigenvalue weighted by molar-refractivity contribution is -0.119. The average molecular weight is 203 g/mol. The lowest BCUT2D eigenvalue weighted by atomic mass is 9.86. The van der Waals surface area contributed by atoms with Crippen LogP contribution in [-0.2, 0) is 4.79 Å². The molecule has 0 heterocycles. The van der Waals surface area contributed by atoms with Crippen LogP contribution >= 0.6 is 0 Å². The third kappa shape index (κ3) is 1.65. The Balaban J connectivity index is 2.44. The molecule has 0 saturated heterocycles. The first-order chi connectivity index (χ1) is 7.24. The fourth-order valence-corrected chi connectivity index (χ4v) is 2.10. The van der Waals surface area contributed by atoms with Crippen LogP contribution in [0.15, 0.2) is 24.3 Å². The van der Waals surface area contributed by atoms with Crippen molar-refractivity contribution in [3.05, 3.63) is 35.4 Å². The van der Waals surface area contributed by atoms with Crippen molar-refractivity contribution in [2.45, 2.75) is 18.9 Å². The van der Waals surface area contributed by atoms with Crippen molar-refractivity contribution in [2.75, 3.05) is 7.05 Å². The number of fused-ring (bicyclic) bond motifs is 1. The Morgan fingerprint density at radius 1 is 1.40 bits per heavy atom. The maximum atomic E-state index is 11.6. The van der Waals surface area contributed by atoms with Gasteiger partial charge in [-0.3, -0.25) is 9.59 Å². The average Bonchev–Trinajstić information content (AvgIpc) is 2.29. The molecule has 0 N–H and O–H groups in total. The summed E-state index contributed by atoms with van der Waals surface area (Å²) in [5.41, 5.74) is 1.74. The molecule has 78 valence electrons. The van der Waals surface area contributed by atoms with E-state index in [1.165, 1.54) is 0 Å². The number of amides is 1. The molecule has 1 aliphatic carbocycles. The summed E-state index contributed by atoms with van der Waals surface area (Å²) in [7, 11) is 1.75. The molecule has 1 aromatic carbocycles. The predicted octanol–water partition coefficient (Wildman–Crippen LogP) is 1.79. The summed E-state index contributed by atoms with van der Waals surface area (Å²) in [4.78, 5) is 24.0. The van der Waals surface area contributed by atoms with E-state index in [-0.39, 0.29) is 11.8 Å². The number of benzene rings is 1. The van der Waals surface area contributed by atoms with Crippen molar-refractivity contribution in [1.82, 2.24) is 4.90 Å². The van der Waals surface area contributed by atoms with Crippen LogP contribution in [0.5, 0.6) is 0 Å². The van der Waals surface area contributed by atoms with Crippen molar-refractivity contribution in [3.8, 4) is 0 Å². The van der Waals surface area contributed by atoms with Gasteiger partial charge in [0, 0.05) is 19.0 Å². The highest BCUT2D eigenvalue weighted by molar-refractivity contribution is 5.98. The van der Waals surface area contributed by atoms with Gasteiger partial charge in [-0.15, -0.1) is 0 Å². The van der Waals surface area contributed by atoms with Crippen molar-refractivity contribution in [2.24, 2.45) is 0 Å². The minimum Gasteiger partial charge on any atom is -0.341 e. The van der Waals surface area contributed by atoms with Gasteiger partial charge in [0.15, 0.2) is 5.78 Å². The summed E-state index contributed by atoms with van der Waals surface area (Å²) < 4.78 is 0. The Morgan fingerprint density at radius 2 is 2.13 bits per heavy atom. The van der Waals surface area contributed by atoms with Gasteiger partial charge >= 0.3 is 0 Å². The van der Waals surface area contributed by atoms with Crippen LogP contribution < -0.4 is 0 Å². The highest BCUT2D eigenvalue weighted by atomic mass is 16.1. The number of nitrogens with zero attached hydrogens (tertiary/aromatic N) is 1. The largest absolute Gasteiger partial charge is 0.341 e. The van der Waals surface area contributed by atoms with Gasteiger partial charge in [0.1, 0.15) is 0 Å². The molecule has 0 spiro atoms. The van der Waals surface area contributed by atoms with Crippen molar-refractivity contribution in [3.63, 3.8) is 0 Å². The van der Waals surface area contributed by atoms with Crippen LogP contribution in [0.25, 0.3) is 0 Å². The molecule has 0 aromatic heterocycles. The van der Waals surface area contributed by atoms with Gasteiger partial charge in [-0.2, -0.15) is 0 Å². The minimum absolute atomic E-state index is 0.0522. The Kier molecular flexibility index (Phi) is 2.54. The predicted molar refractivity (Wildman–Crippen MR) is 56.6 cm³/mol. The smallest absolute Gasteiger partial charge is 0.209 e. The number of hydrogen-bond donors (Lipinski definition) is 0. The second-order valence-corrected chi connectivity index (χ2v) is 3.84. The number of carbonyl (C=O) groups excluding carboxylic acids is 2. The number of ketones is 1. The first-order valence-corrected chi connectivity index (χ1v) is 5.03. The van der Waals surface area contributed by atoms with E-state index in [2.05, 4.69) is 0 Å². The maximum Gasteiger partial charge on any atom is 0.209 e. The SMILES string of the molecule is CN(C=O)C1CCC(=O)c2ccccc21. The lowest BCUT2D eigenvalue weighted by Gasteiger charge is -2.29. The molecule has 2 rings (SSSR count). The maximum absolute atomic E-state index is 11.6. The molecule has 3 nitrogen and oxygen atoms in total. The zero-order valence-corrected chi connectivity index (χ0v) is 8.64. The fraction of sp³-hybridized carbons (Fsp3) is 0.333. The molecule has 15 heavy (non-hydrogen) atoms. The molecule has 0 bridgehead atoms. The number of hydrogen-bond acceptors (Lipinski definition) is 2. The Hall–Kier alpha value is -1.64. The van der Waals surface area contributed by atoms with Gasteiger partial charge < -0.3 is 4.90 Å². The first kappa shape index (κ1) is 9.90. The van der Waals surface area contributed by atoms with E-state index in [0.717, 1.165) is 24.0 Å². The van der Waals surface area contributed by atoms with Gasteiger partial charge in [-0.05, 0) is 12.0 Å². The van der Waals surface area contributed by atoms with Gasteiger partial charge in [0.05, 0.1) is 6.04 Å². The van der Waals surface area contributed by atoms with E-state index >= 15 is 0 Å². The zero-order valence-electron chi connectivity index (χ0n) is 8.64. The van der Waals surface area contributed by atoms with Crippen molar-refractivity contribution in [1.29, 1.82) is 0 Å². The third-order valence-corrected chi connectivity index (χ3v) is 2.92. The highest BCUT2D eigenvalue weighted by Gasteiger charge is 2.27. The molecule has 1 atom stereocenters. The summed E-state index contributed by atoms with van der Waals surface area (Å²) in [6.07, 6.45) is 2.07. The third-order valence-electron chi connectivity index (χ3n) is 2.92. The molecule has 3 heteroatoms. The first-order valence-electron chi connectivity index (χ1n) is 5.03. The normalized spacial score (nSPS) is 19.5. The Labute approximate surface area is 88.7 Å². The summed E-state index contributed by atoms with van der Waals surface area (Å²) in [5, 5.41) is 0. The Bertz CT molecular complexity index is 400. The van der Waals surface area contributed by atoms with E-state index in [1.54, 1.807) is 11.9 Å². The van der Waals surface area contributed by atoms with Crippen LogP contribution in [0.4, 0.5) is 0 Å². The monoisotopic (exact) mass is 203 g/mol. The van der Waals surface area contributed by atoms with E-state index in [4.69, 9.17) is 0 Å². The van der Waals surface area contributed by atoms with E-state index in [1.807, 2.05) is 24.3 Å². The molecule has 1 aromatic rings. The van der Waals surface area contributed by atoms with E-state index in [9.17, 15) is 9.59 Å². The minimum atomic E-state index is 0.0522. The summed E-state index contributed by atoms with van der Waals surface area (Å²) in [6, 6.07) is 7.58. The van der Waals surface area contributed by atoms with Crippen molar-refractivity contribution >= 4 is 12.2 Å². The molecule has 1 unspecified atom stereocenters. The van der Waals surface area contributed by atoms with Crippen molar-refractivity contribution < 1.29 is 9.59 Å². The van der Waals surface area contributed by atoms with Gasteiger partial charge in [0.2, 0.25) is 6.41 Å². The quantitative estimate of drug-likeness (QED) is 0.687. The summed E-state index contributed by atoms with van der Waals surface area (Å²) in [6.45, 7) is 0. The van der Waals surface area contributed by atoms with Gasteiger partial charge in [0.25, 0.3) is 0 Å². The van der Waals surface area contributed by atoms with Gasteiger partial charge in [-0.25, -0.2) is 0 Å². The zero-order chi connectivity index (χ0) is 10.8. The van der Waals surface area contributed by atoms with Crippen LogP contribution in [0.1, 0.15) is 34.8 Å². The van der Waals surface area contributed by atoms with Crippen LogP contribution in [-0.4, -0.2) is 24.1 Å².